The Morgan fingerprint density at radius 1 is 1.03 bits per heavy atom. The van der Waals surface area contributed by atoms with E-state index in [2.05, 4.69) is 5.32 Å². The van der Waals surface area contributed by atoms with E-state index >= 15 is 0 Å². The molecule has 7 heteroatoms. The van der Waals surface area contributed by atoms with Crippen LogP contribution in [0.15, 0.2) is 71.7 Å². The van der Waals surface area contributed by atoms with E-state index in [1.165, 1.54) is 13.2 Å². The van der Waals surface area contributed by atoms with Gasteiger partial charge in [-0.15, -0.1) is 0 Å². The molecule has 1 N–H and O–H groups in total. The monoisotopic (exact) mass is 453 g/mol. The molecule has 34 heavy (non-hydrogen) atoms. The number of rotatable bonds is 6. The number of nitro groups is 1. The lowest BCUT2D eigenvalue weighted by Crippen LogP contribution is -2.17. The molecule has 5 rings (SSSR count). The van der Waals surface area contributed by atoms with Gasteiger partial charge in [-0.3, -0.25) is 10.1 Å². The highest BCUT2D eigenvalue weighted by molar-refractivity contribution is 6.19. The lowest BCUT2D eigenvalue weighted by atomic mass is 10.0. The van der Waals surface area contributed by atoms with Crippen LogP contribution in [0.2, 0.25) is 0 Å². The van der Waals surface area contributed by atoms with Crippen molar-refractivity contribution in [2.75, 3.05) is 12.4 Å². The molecule has 1 heterocycles. The lowest BCUT2D eigenvalue weighted by Gasteiger charge is -2.20. The zero-order valence-corrected chi connectivity index (χ0v) is 19.1. The molecule has 0 fully saturated rings. The number of nitro benzene ring substituents is 1. The summed E-state index contributed by atoms with van der Waals surface area (Å²) >= 11 is 0. The van der Waals surface area contributed by atoms with Gasteiger partial charge < -0.3 is 14.8 Å². The summed E-state index contributed by atoms with van der Waals surface area (Å²) in [6.07, 6.45) is 0. The molecule has 170 valence electrons. The highest BCUT2D eigenvalue weighted by atomic mass is 16.6. The van der Waals surface area contributed by atoms with Crippen LogP contribution in [0.4, 0.5) is 17.1 Å². The van der Waals surface area contributed by atoms with Crippen LogP contribution in [-0.4, -0.2) is 17.9 Å². The summed E-state index contributed by atoms with van der Waals surface area (Å²) in [6.45, 7) is 4.17. The molecule has 1 aliphatic heterocycles. The Labute approximate surface area is 196 Å². The summed E-state index contributed by atoms with van der Waals surface area (Å²) in [7, 11) is 1.47. The number of nitrogens with zero attached hydrogens (tertiary/aromatic N) is 2. The van der Waals surface area contributed by atoms with E-state index in [4.69, 9.17) is 14.5 Å². The number of ether oxygens (including phenoxy) is 2. The number of benzene rings is 4. The zero-order chi connectivity index (χ0) is 23.8. The zero-order valence-electron chi connectivity index (χ0n) is 19.1. The molecule has 1 aliphatic rings. The number of hydrogen-bond acceptors (Lipinski definition) is 6. The second-order valence-electron chi connectivity index (χ2n) is 8.27. The maximum absolute atomic E-state index is 12.0. The molecule has 4 aromatic carbocycles. The third-order valence-electron chi connectivity index (χ3n) is 5.97. The van der Waals surface area contributed by atoms with E-state index in [0.29, 0.717) is 11.4 Å². The van der Waals surface area contributed by atoms with Crippen LogP contribution in [-0.2, 0) is 6.61 Å². The van der Waals surface area contributed by atoms with E-state index in [9.17, 15) is 10.1 Å². The first-order valence-corrected chi connectivity index (χ1v) is 10.9. The summed E-state index contributed by atoms with van der Waals surface area (Å²) in [5.74, 6) is 0.876. The minimum atomic E-state index is -0.456. The Kier molecular flexibility index (Phi) is 5.37. The molecule has 0 saturated heterocycles. The fourth-order valence-corrected chi connectivity index (χ4v) is 4.19. The molecular formula is C27H23N3O4. The number of hydrogen-bond donors (Lipinski definition) is 1. The van der Waals surface area contributed by atoms with Crippen molar-refractivity contribution in [3.05, 3.63) is 99.1 Å². The quantitative estimate of drug-likeness (QED) is 0.268. The predicted octanol–water partition coefficient (Wildman–Crippen LogP) is 6.46. The van der Waals surface area contributed by atoms with E-state index in [0.717, 1.165) is 38.8 Å². The maximum Gasteiger partial charge on any atom is 0.315 e. The Balaban J connectivity index is 1.56. The number of anilines is 1. The van der Waals surface area contributed by atoms with Crippen LogP contribution in [0.5, 0.6) is 11.5 Å². The number of amidine groups is 1. The highest BCUT2D eigenvalue weighted by Gasteiger charge is 2.26. The van der Waals surface area contributed by atoms with Crippen molar-refractivity contribution >= 4 is 33.7 Å². The smallest absolute Gasteiger partial charge is 0.315 e. The van der Waals surface area contributed by atoms with Gasteiger partial charge in [0.15, 0.2) is 5.75 Å². The first kappa shape index (κ1) is 21.5. The minimum absolute atomic E-state index is 0.0936. The first-order chi connectivity index (χ1) is 16.4. The molecule has 0 atom stereocenters. The normalized spacial score (nSPS) is 12.1. The van der Waals surface area contributed by atoms with Gasteiger partial charge in [0.25, 0.3) is 0 Å². The van der Waals surface area contributed by atoms with Crippen molar-refractivity contribution < 1.29 is 14.4 Å². The van der Waals surface area contributed by atoms with Gasteiger partial charge in [-0.25, -0.2) is 4.99 Å². The Hall–Kier alpha value is -4.39. The second kappa shape index (κ2) is 8.51. The SMILES string of the molecule is COc1cc(C2=Nc3cccc4cccc(c34)N2)cc([N+](=O)[O-])c1OCc1cc(C)ccc1C. The Morgan fingerprint density at radius 3 is 2.59 bits per heavy atom. The van der Waals surface area contributed by atoms with Crippen LogP contribution in [0, 0.1) is 24.0 Å². The fraction of sp³-hybridized carbons (Fsp3) is 0.148. The third kappa shape index (κ3) is 3.81. The van der Waals surface area contributed by atoms with Crippen molar-refractivity contribution in [2.24, 2.45) is 4.99 Å². The first-order valence-electron chi connectivity index (χ1n) is 10.9. The molecular weight excluding hydrogens is 430 g/mol. The second-order valence-corrected chi connectivity index (χ2v) is 8.27. The summed E-state index contributed by atoms with van der Waals surface area (Å²) in [6, 6.07) is 21.1. The van der Waals surface area contributed by atoms with Gasteiger partial charge in [-0.05, 0) is 48.6 Å². The Morgan fingerprint density at radius 2 is 1.82 bits per heavy atom. The largest absolute Gasteiger partial charge is 0.493 e. The lowest BCUT2D eigenvalue weighted by molar-refractivity contribution is -0.386. The summed E-state index contributed by atoms with van der Waals surface area (Å²) < 4.78 is 11.5. The van der Waals surface area contributed by atoms with Crippen molar-refractivity contribution in [2.45, 2.75) is 20.5 Å². The van der Waals surface area contributed by atoms with Crippen LogP contribution in [0.25, 0.3) is 10.8 Å². The van der Waals surface area contributed by atoms with Gasteiger partial charge in [0.1, 0.15) is 12.4 Å². The van der Waals surface area contributed by atoms with Crippen molar-refractivity contribution in [1.82, 2.24) is 0 Å². The standard InChI is InChI=1S/C27H23N3O4/c1-16-10-11-17(2)20(12-16)15-34-26-23(30(31)32)13-19(14-24(26)33-3)27-28-21-8-4-6-18-7-5-9-22(29-27)25(18)21/h4-14H,15H2,1-3H3,(H,28,29). The maximum atomic E-state index is 12.0. The van der Waals surface area contributed by atoms with Crippen molar-refractivity contribution in [3.63, 3.8) is 0 Å². The number of aliphatic imine (C=N–C) groups is 1. The number of nitrogens with one attached hydrogen (secondary N) is 1. The van der Waals surface area contributed by atoms with Gasteiger partial charge in [-0.2, -0.15) is 0 Å². The number of aryl methyl sites for hydroxylation is 2. The van der Waals surface area contributed by atoms with Crippen molar-refractivity contribution in [3.8, 4) is 11.5 Å². The molecule has 0 saturated carbocycles. The average molecular weight is 453 g/mol. The third-order valence-corrected chi connectivity index (χ3v) is 5.97. The van der Waals surface area contributed by atoms with E-state index in [1.54, 1.807) is 6.07 Å². The van der Waals surface area contributed by atoms with Crippen LogP contribution >= 0.6 is 0 Å². The molecule has 0 bridgehead atoms. The molecule has 0 radical (unpaired) electrons. The molecule has 0 aromatic heterocycles. The average Bonchev–Trinajstić information content (AvgIpc) is 2.84. The molecule has 0 amide bonds. The van der Waals surface area contributed by atoms with Gasteiger partial charge in [0.2, 0.25) is 5.75 Å². The molecule has 0 unspecified atom stereocenters. The summed E-state index contributed by atoms with van der Waals surface area (Å²) in [5.41, 5.74) is 5.17. The van der Waals surface area contributed by atoms with Gasteiger partial charge >= 0.3 is 5.69 Å². The predicted molar refractivity (Wildman–Crippen MR) is 134 cm³/mol. The van der Waals surface area contributed by atoms with E-state index in [1.807, 2.05) is 68.4 Å². The van der Waals surface area contributed by atoms with Crippen LogP contribution in [0.1, 0.15) is 22.3 Å². The van der Waals surface area contributed by atoms with Crippen LogP contribution < -0.4 is 14.8 Å². The molecule has 0 aliphatic carbocycles. The molecule has 7 nitrogen and oxygen atoms in total. The topological polar surface area (TPSA) is 86.0 Å². The van der Waals surface area contributed by atoms with Gasteiger partial charge in [0.05, 0.1) is 17.7 Å². The molecule has 0 spiro atoms. The number of methoxy groups -OCH3 is 1. The summed E-state index contributed by atoms with van der Waals surface area (Å²) in [5, 5.41) is 17.4. The van der Waals surface area contributed by atoms with Gasteiger partial charge in [-0.1, -0.05) is 48.0 Å². The van der Waals surface area contributed by atoms with E-state index in [-0.39, 0.29) is 23.8 Å². The summed E-state index contributed by atoms with van der Waals surface area (Å²) in [4.78, 5) is 16.3. The fourth-order valence-electron chi connectivity index (χ4n) is 4.19. The van der Waals surface area contributed by atoms with Crippen LogP contribution in [0.3, 0.4) is 0 Å². The molecule has 4 aromatic rings. The van der Waals surface area contributed by atoms with Crippen molar-refractivity contribution in [1.29, 1.82) is 0 Å². The Bertz CT molecular complexity index is 1470. The van der Waals surface area contributed by atoms with Gasteiger partial charge in [0, 0.05) is 22.7 Å². The highest BCUT2D eigenvalue weighted by Crippen LogP contribution is 2.41. The minimum Gasteiger partial charge on any atom is -0.493 e. The van der Waals surface area contributed by atoms with E-state index < -0.39 is 4.92 Å².